The molecule has 21 heavy (non-hydrogen) atoms. The van der Waals surface area contributed by atoms with Crippen molar-refractivity contribution in [3.63, 3.8) is 0 Å². The number of benzene rings is 2. The normalized spacial score (nSPS) is 11.1. The van der Waals surface area contributed by atoms with Crippen molar-refractivity contribution >= 4 is 28.2 Å². The second-order valence-electron chi connectivity index (χ2n) is 4.50. The van der Waals surface area contributed by atoms with E-state index in [0.29, 0.717) is 22.6 Å². The van der Waals surface area contributed by atoms with E-state index in [9.17, 15) is 0 Å². The van der Waals surface area contributed by atoms with Gasteiger partial charge in [-0.05, 0) is 22.9 Å². The van der Waals surface area contributed by atoms with Gasteiger partial charge < -0.3 is 4.74 Å². The highest BCUT2D eigenvalue weighted by Crippen LogP contribution is 2.26. The first-order chi connectivity index (χ1) is 10.3. The van der Waals surface area contributed by atoms with Gasteiger partial charge in [0, 0.05) is 6.07 Å². The van der Waals surface area contributed by atoms with Crippen LogP contribution in [0.4, 0.5) is 0 Å². The Bertz CT molecular complexity index is 951. The molecule has 6 heteroatoms. The van der Waals surface area contributed by atoms with Crippen LogP contribution in [0.15, 0.2) is 54.9 Å². The van der Waals surface area contributed by atoms with E-state index in [1.54, 1.807) is 6.07 Å². The van der Waals surface area contributed by atoms with Crippen LogP contribution >= 0.6 is 11.6 Å². The second kappa shape index (κ2) is 4.71. The molecule has 102 valence electrons. The Labute approximate surface area is 124 Å². The van der Waals surface area contributed by atoms with E-state index in [2.05, 4.69) is 21.1 Å². The Morgan fingerprint density at radius 1 is 1.00 bits per heavy atom. The number of nitrogens with zero attached hydrogens (tertiary/aromatic N) is 4. The number of fused-ring (bicyclic) bond motifs is 2. The van der Waals surface area contributed by atoms with Crippen molar-refractivity contribution in [1.29, 1.82) is 0 Å². The van der Waals surface area contributed by atoms with Crippen LogP contribution in [-0.4, -0.2) is 19.6 Å². The molecule has 0 fully saturated rings. The summed E-state index contributed by atoms with van der Waals surface area (Å²) in [5.74, 6) is 1.57. The van der Waals surface area contributed by atoms with Crippen molar-refractivity contribution in [3.8, 4) is 11.6 Å². The van der Waals surface area contributed by atoms with Gasteiger partial charge in [0.2, 0.25) is 5.88 Å². The number of hydrogen-bond acceptors (Lipinski definition) is 4. The Morgan fingerprint density at radius 2 is 1.86 bits per heavy atom. The molecule has 4 rings (SSSR count). The van der Waals surface area contributed by atoms with Crippen LogP contribution in [-0.2, 0) is 0 Å². The summed E-state index contributed by atoms with van der Waals surface area (Å²) >= 11 is 5.97. The van der Waals surface area contributed by atoms with Gasteiger partial charge >= 0.3 is 0 Å². The highest BCUT2D eigenvalue weighted by atomic mass is 35.5. The van der Waals surface area contributed by atoms with E-state index < -0.39 is 0 Å². The first kappa shape index (κ1) is 12.1. The maximum absolute atomic E-state index is 5.97. The molecule has 2 aromatic carbocycles. The van der Waals surface area contributed by atoms with Gasteiger partial charge in [-0.15, -0.1) is 0 Å². The van der Waals surface area contributed by atoms with Gasteiger partial charge in [0.25, 0.3) is 5.78 Å². The molecule has 4 aromatic rings. The van der Waals surface area contributed by atoms with Gasteiger partial charge in [-0.1, -0.05) is 41.9 Å². The van der Waals surface area contributed by atoms with Crippen molar-refractivity contribution < 1.29 is 4.74 Å². The molecule has 0 saturated carbocycles. The molecule has 0 amide bonds. The standard InChI is InChI=1S/C15H9ClN4O/c16-13-8-14(20-15(19-13)17-9-18-20)21-12-6-5-10-3-1-2-4-11(10)7-12/h1-9H. The predicted molar refractivity (Wildman–Crippen MR) is 79.8 cm³/mol. The van der Waals surface area contributed by atoms with E-state index in [4.69, 9.17) is 16.3 Å². The van der Waals surface area contributed by atoms with Crippen molar-refractivity contribution in [2.75, 3.05) is 0 Å². The summed E-state index contributed by atoms with van der Waals surface area (Å²) in [5.41, 5.74) is 0. The maximum Gasteiger partial charge on any atom is 0.256 e. The van der Waals surface area contributed by atoms with Gasteiger partial charge in [-0.25, -0.2) is 0 Å². The quantitative estimate of drug-likeness (QED) is 0.529. The summed E-state index contributed by atoms with van der Waals surface area (Å²) in [4.78, 5) is 8.07. The third kappa shape index (κ3) is 2.17. The fraction of sp³-hybridized carbons (Fsp3) is 0. The molecule has 0 N–H and O–H groups in total. The number of aromatic nitrogens is 4. The van der Waals surface area contributed by atoms with Crippen LogP contribution < -0.4 is 4.74 Å². The number of rotatable bonds is 2. The monoisotopic (exact) mass is 296 g/mol. The minimum Gasteiger partial charge on any atom is -0.439 e. The van der Waals surface area contributed by atoms with E-state index in [1.807, 2.05) is 36.4 Å². The zero-order valence-corrected chi connectivity index (χ0v) is 11.5. The molecule has 2 heterocycles. The summed E-state index contributed by atoms with van der Waals surface area (Å²) in [6.45, 7) is 0. The van der Waals surface area contributed by atoms with Crippen LogP contribution in [0.3, 0.4) is 0 Å². The van der Waals surface area contributed by atoms with Crippen molar-refractivity contribution in [1.82, 2.24) is 19.6 Å². The van der Waals surface area contributed by atoms with Crippen LogP contribution in [0.25, 0.3) is 16.6 Å². The topological polar surface area (TPSA) is 52.3 Å². The zero-order valence-electron chi connectivity index (χ0n) is 10.8. The van der Waals surface area contributed by atoms with Crippen LogP contribution in [0.1, 0.15) is 0 Å². The van der Waals surface area contributed by atoms with Crippen molar-refractivity contribution in [2.45, 2.75) is 0 Å². The molecule has 2 aromatic heterocycles. The molecule has 0 aliphatic rings. The molecule has 5 nitrogen and oxygen atoms in total. The molecule has 0 aliphatic heterocycles. The third-order valence-electron chi connectivity index (χ3n) is 3.13. The lowest BCUT2D eigenvalue weighted by atomic mass is 10.1. The lowest BCUT2D eigenvalue weighted by molar-refractivity contribution is 0.446. The Balaban J connectivity index is 1.80. The first-order valence-electron chi connectivity index (χ1n) is 6.32. The molecule has 0 spiro atoms. The van der Waals surface area contributed by atoms with Crippen LogP contribution in [0.5, 0.6) is 11.6 Å². The highest BCUT2D eigenvalue weighted by Gasteiger charge is 2.09. The van der Waals surface area contributed by atoms with E-state index >= 15 is 0 Å². The van der Waals surface area contributed by atoms with Gasteiger partial charge in [0.1, 0.15) is 17.2 Å². The third-order valence-corrected chi connectivity index (χ3v) is 3.32. The molecular formula is C15H9ClN4O. The Kier molecular flexibility index (Phi) is 2.72. The summed E-state index contributed by atoms with van der Waals surface area (Å²) < 4.78 is 7.38. The summed E-state index contributed by atoms with van der Waals surface area (Å²) in [6.07, 6.45) is 1.41. The van der Waals surface area contributed by atoms with E-state index in [0.717, 1.165) is 10.8 Å². The second-order valence-corrected chi connectivity index (χ2v) is 4.89. The minimum absolute atomic E-state index is 0.311. The van der Waals surface area contributed by atoms with Gasteiger partial charge in [0.05, 0.1) is 0 Å². The summed E-state index contributed by atoms with van der Waals surface area (Å²) in [6, 6.07) is 15.6. The number of ether oxygens (including phenoxy) is 1. The maximum atomic E-state index is 5.97. The van der Waals surface area contributed by atoms with Gasteiger partial charge in [-0.3, -0.25) is 0 Å². The molecule has 0 saturated heterocycles. The first-order valence-corrected chi connectivity index (χ1v) is 6.70. The Morgan fingerprint density at radius 3 is 2.76 bits per heavy atom. The molecular weight excluding hydrogens is 288 g/mol. The van der Waals surface area contributed by atoms with E-state index in [1.165, 1.54) is 10.8 Å². The highest BCUT2D eigenvalue weighted by molar-refractivity contribution is 6.29. The average molecular weight is 297 g/mol. The lowest BCUT2D eigenvalue weighted by Gasteiger charge is -2.08. The van der Waals surface area contributed by atoms with Crippen LogP contribution in [0.2, 0.25) is 5.15 Å². The van der Waals surface area contributed by atoms with Crippen LogP contribution in [0, 0.1) is 0 Å². The average Bonchev–Trinajstić information content (AvgIpc) is 2.95. The molecule has 0 aliphatic carbocycles. The fourth-order valence-corrected chi connectivity index (χ4v) is 2.35. The zero-order chi connectivity index (χ0) is 14.2. The largest absolute Gasteiger partial charge is 0.439 e. The van der Waals surface area contributed by atoms with Crippen molar-refractivity contribution in [3.05, 3.63) is 60.0 Å². The summed E-state index contributed by atoms with van der Waals surface area (Å²) in [5, 5.41) is 6.65. The predicted octanol–water partition coefficient (Wildman–Crippen LogP) is 3.72. The fourth-order valence-electron chi connectivity index (χ4n) is 2.18. The van der Waals surface area contributed by atoms with Gasteiger partial charge in [0.15, 0.2) is 0 Å². The Hall–Kier alpha value is -2.66. The lowest BCUT2D eigenvalue weighted by Crippen LogP contribution is -1.97. The number of hydrogen-bond donors (Lipinski definition) is 0. The minimum atomic E-state index is 0.311. The molecule has 0 atom stereocenters. The molecule has 0 unspecified atom stereocenters. The SMILES string of the molecule is Clc1cc(Oc2ccc3ccccc3c2)n2ncnc2n1. The van der Waals surface area contributed by atoms with Crippen molar-refractivity contribution in [2.24, 2.45) is 0 Å². The van der Waals surface area contributed by atoms with E-state index in [-0.39, 0.29) is 0 Å². The number of halogens is 1. The smallest absolute Gasteiger partial charge is 0.256 e. The molecule has 0 bridgehead atoms. The molecule has 0 radical (unpaired) electrons. The summed E-state index contributed by atoms with van der Waals surface area (Å²) in [7, 11) is 0. The van der Waals surface area contributed by atoms with Gasteiger partial charge in [-0.2, -0.15) is 19.6 Å².